The molecule has 24 heavy (non-hydrogen) atoms. The highest BCUT2D eigenvalue weighted by Crippen LogP contribution is 2.22. The van der Waals surface area contributed by atoms with Crippen LogP contribution >= 0.6 is 0 Å². The first-order chi connectivity index (χ1) is 11.5. The van der Waals surface area contributed by atoms with Crippen molar-refractivity contribution in [1.82, 2.24) is 15.1 Å². The van der Waals surface area contributed by atoms with Gasteiger partial charge >= 0.3 is 0 Å². The Morgan fingerprint density at radius 2 is 2.00 bits per heavy atom. The van der Waals surface area contributed by atoms with Gasteiger partial charge in [0.05, 0.1) is 6.54 Å². The van der Waals surface area contributed by atoms with E-state index in [1.165, 1.54) is 0 Å². The minimum Gasteiger partial charge on any atom is -0.471 e. The van der Waals surface area contributed by atoms with Gasteiger partial charge in [-0.25, -0.2) is 0 Å². The molecule has 1 aromatic rings. The summed E-state index contributed by atoms with van der Waals surface area (Å²) in [5.41, 5.74) is 0. The topological polar surface area (TPSA) is 58.6 Å². The van der Waals surface area contributed by atoms with Crippen molar-refractivity contribution >= 4 is 11.7 Å². The van der Waals surface area contributed by atoms with Crippen molar-refractivity contribution in [2.24, 2.45) is 5.92 Å². The molecule has 0 bridgehead atoms. The van der Waals surface area contributed by atoms with Crippen molar-refractivity contribution < 1.29 is 9.53 Å². The number of nitrogens with zero attached hydrogens (tertiary/aromatic N) is 4. The molecule has 6 nitrogen and oxygen atoms in total. The summed E-state index contributed by atoms with van der Waals surface area (Å²) in [4.78, 5) is 16.5. The Morgan fingerprint density at radius 1 is 1.29 bits per heavy atom. The molecule has 0 aliphatic carbocycles. The summed E-state index contributed by atoms with van der Waals surface area (Å²) in [7, 11) is 3.85. The smallest absolute Gasteiger partial charge is 0.233 e. The molecule has 2 heterocycles. The molecule has 1 fully saturated rings. The van der Waals surface area contributed by atoms with Crippen LogP contribution in [0.15, 0.2) is 12.1 Å². The van der Waals surface area contributed by atoms with Crippen LogP contribution in [0.4, 0.5) is 5.82 Å². The third-order valence-corrected chi connectivity index (χ3v) is 4.45. The first kappa shape index (κ1) is 18.5. The quantitative estimate of drug-likeness (QED) is 0.731. The molecule has 1 saturated heterocycles. The van der Waals surface area contributed by atoms with Crippen molar-refractivity contribution in [1.29, 1.82) is 0 Å². The van der Waals surface area contributed by atoms with E-state index in [1.807, 2.05) is 36.0 Å². The van der Waals surface area contributed by atoms with Gasteiger partial charge in [-0.05, 0) is 18.9 Å². The summed E-state index contributed by atoms with van der Waals surface area (Å²) in [6, 6.07) is 3.72. The summed E-state index contributed by atoms with van der Waals surface area (Å²) in [5.74, 6) is 1.78. The van der Waals surface area contributed by atoms with E-state index in [9.17, 15) is 4.79 Å². The highest BCUT2D eigenvalue weighted by molar-refractivity contribution is 5.79. The third kappa shape index (κ3) is 4.82. The van der Waals surface area contributed by atoms with Crippen molar-refractivity contribution in [2.45, 2.75) is 52.1 Å². The van der Waals surface area contributed by atoms with Crippen LogP contribution in [0.5, 0.6) is 5.88 Å². The fraction of sp³-hybridized carbons (Fsp3) is 0.722. The molecule has 0 saturated carbocycles. The zero-order valence-corrected chi connectivity index (χ0v) is 15.4. The molecule has 0 spiro atoms. The molecule has 6 heteroatoms. The van der Waals surface area contributed by atoms with Gasteiger partial charge in [0, 0.05) is 39.0 Å². The highest BCUT2D eigenvalue weighted by Gasteiger charge is 2.31. The zero-order chi connectivity index (χ0) is 17.5. The second-order valence-corrected chi connectivity index (χ2v) is 6.71. The Labute approximate surface area is 145 Å². The van der Waals surface area contributed by atoms with Crippen LogP contribution in [-0.4, -0.2) is 54.3 Å². The van der Waals surface area contributed by atoms with Gasteiger partial charge in [-0.2, -0.15) is 0 Å². The minimum absolute atomic E-state index is 0.0114. The maximum atomic E-state index is 12.7. The van der Waals surface area contributed by atoms with Gasteiger partial charge in [0.2, 0.25) is 11.8 Å². The van der Waals surface area contributed by atoms with Gasteiger partial charge in [-0.3, -0.25) is 4.79 Å². The molecule has 1 amide bonds. The van der Waals surface area contributed by atoms with Crippen molar-refractivity contribution in [3.05, 3.63) is 12.1 Å². The number of rotatable bonds is 8. The van der Waals surface area contributed by atoms with E-state index < -0.39 is 0 Å². The maximum absolute atomic E-state index is 12.7. The first-order valence-electron chi connectivity index (χ1n) is 9.01. The molecule has 134 valence electrons. The van der Waals surface area contributed by atoms with Crippen molar-refractivity contribution in [2.75, 3.05) is 32.1 Å². The molecule has 0 aromatic carbocycles. The molecule has 2 rings (SSSR count). The van der Waals surface area contributed by atoms with Crippen LogP contribution in [0, 0.1) is 5.92 Å². The number of aromatic nitrogens is 2. The average molecular weight is 334 g/mol. The van der Waals surface area contributed by atoms with Crippen LogP contribution < -0.4 is 9.64 Å². The zero-order valence-electron chi connectivity index (χ0n) is 15.4. The summed E-state index contributed by atoms with van der Waals surface area (Å²) in [6.07, 6.45) is 4.93. The number of carbonyl (C=O) groups is 1. The summed E-state index contributed by atoms with van der Waals surface area (Å²) in [6.45, 7) is 5.71. The fourth-order valence-corrected chi connectivity index (χ4v) is 3.16. The molecule has 1 aliphatic rings. The largest absolute Gasteiger partial charge is 0.471 e. The van der Waals surface area contributed by atoms with Gasteiger partial charge in [-0.15, -0.1) is 10.2 Å². The molecular formula is C18H30N4O2. The van der Waals surface area contributed by atoms with Gasteiger partial charge in [0.25, 0.3) is 0 Å². The van der Waals surface area contributed by atoms with E-state index in [0.29, 0.717) is 18.3 Å². The Morgan fingerprint density at radius 3 is 2.54 bits per heavy atom. The van der Waals surface area contributed by atoms with E-state index in [4.69, 9.17) is 4.74 Å². The van der Waals surface area contributed by atoms with Gasteiger partial charge in [-0.1, -0.05) is 26.7 Å². The number of anilines is 1. The lowest BCUT2D eigenvalue weighted by Crippen LogP contribution is -2.35. The predicted molar refractivity (Wildman–Crippen MR) is 95.3 cm³/mol. The lowest BCUT2D eigenvalue weighted by atomic mass is 9.97. The third-order valence-electron chi connectivity index (χ3n) is 4.45. The normalized spacial score (nSPS) is 17.4. The van der Waals surface area contributed by atoms with E-state index in [1.54, 1.807) is 0 Å². The van der Waals surface area contributed by atoms with E-state index in [-0.39, 0.29) is 12.0 Å². The Kier molecular flexibility index (Phi) is 6.82. The fourth-order valence-electron chi connectivity index (χ4n) is 3.16. The lowest BCUT2D eigenvalue weighted by molar-refractivity contribution is -0.135. The monoisotopic (exact) mass is 334 g/mol. The Balaban J connectivity index is 1.88. The maximum Gasteiger partial charge on any atom is 0.233 e. The number of hydrogen-bond acceptors (Lipinski definition) is 5. The van der Waals surface area contributed by atoms with Gasteiger partial charge in [0.1, 0.15) is 6.10 Å². The average Bonchev–Trinajstić information content (AvgIpc) is 3.03. The molecule has 0 N–H and O–H groups in total. The van der Waals surface area contributed by atoms with Crippen LogP contribution in [-0.2, 0) is 4.79 Å². The van der Waals surface area contributed by atoms with Crippen LogP contribution in [0.1, 0.15) is 46.0 Å². The molecule has 0 radical (unpaired) electrons. The molecule has 1 atom stereocenters. The summed E-state index contributed by atoms with van der Waals surface area (Å²) in [5, 5.41) is 8.23. The second kappa shape index (κ2) is 8.85. The number of hydrogen-bond donors (Lipinski definition) is 0. The highest BCUT2D eigenvalue weighted by atomic mass is 16.5. The van der Waals surface area contributed by atoms with E-state index in [2.05, 4.69) is 24.0 Å². The van der Waals surface area contributed by atoms with E-state index >= 15 is 0 Å². The predicted octanol–water partition coefficient (Wildman–Crippen LogP) is 2.74. The van der Waals surface area contributed by atoms with Crippen LogP contribution in [0.3, 0.4) is 0 Å². The summed E-state index contributed by atoms with van der Waals surface area (Å²) < 4.78 is 5.90. The molecular weight excluding hydrogens is 304 g/mol. The molecule has 1 unspecified atom stereocenters. The second-order valence-electron chi connectivity index (χ2n) is 6.71. The van der Waals surface area contributed by atoms with Gasteiger partial charge < -0.3 is 14.5 Å². The Hall–Kier alpha value is -1.85. The number of likely N-dealkylation sites (tertiary alicyclic amines) is 1. The number of ether oxygens (including phenoxy) is 1. The van der Waals surface area contributed by atoms with Crippen molar-refractivity contribution in [3.63, 3.8) is 0 Å². The van der Waals surface area contributed by atoms with Crippen LogP contribution in [0.2, 0.25) is 0 Å². The first-order valence-corrected chi connectivity index (χ1v) is 9.01. The molecule has 1 aromatic heterocycles. The summed E-state index contributed by atoms with van der Waals surface area (Å²) >= 11 is 0. The van der Waals surface area contributed by atoms with E-state index in [0.717, 1.165) is 44.5 Å². The van der Waals surface area contributed by atoms with Crippen molar-refractivity contribution in [3.8, 4) is 5.88 Å². The number of carbonyl (C=O) groups excluding carboxylic acids is 1. The van der Waals surface area contributed by atoms with Gasteiger partial charge in [0.15, 0.2) is 5.82 Å². The standard InChI is InChI=1S/C18H30N4O2/c1-5-7-14(8-6-2)18(23)22-12-11-15(13-22)24-17-10-9-16(19-20-17)21(3)4/h9-10,14-15H,5-8,11-13H2,1-4H3. The molecule has 1 aliphatic heterocycles. The SMILES string of the molecule is CCCC(CCC)C(=O)N1CCC(Oc2ccc(N(C)C)nn2)C1. The Bertz CT molecular complexity index is 512. The number of amides is 1. The minimum atomic E-state index is 0.0114. The lowest BCUT2D eigenvalue weighted by Gasteiger charge is -2.23. The van der Waals surface area contributed by atoms with Crippen LogP contribution in [0.25, 0.3) is 0 Å².